The van der Waals surface area contributed by atoms with Gasteiger partial charge < -0.3 is 10.3 Å². The summed E-state index contributed by atoms with van der Waals surface area (Å²) in [5.41, 5.74) is 5.85. The Bertz CT molecular complexity index is 1110. The molecule has 0 unspecified atom stereocenters. The van der Waals surface area contributed by atoms with Crippen LogP contribution in [0.2, 0.25) is 0 Å². The predicted molar refractivity (Wildman–Crippen MR) is 128 cm³/mol. The van der Waals surface area contributed by atoms with Crippen molar-refractivity contribution in [3.8, 4) is 11.4 Å². The molecule has 1 aromatic carbocycles. The van der Waals surface area contributed by atoms with Gasteiger partial charge in [0.05, 0.1) is 11.4 Å². The third kappa shape index (κ3) is 3.64. The minimum Gasteiger partial charge on any atom is -0.353 e. The number of aryl methyl sites for hydroxylation is 2. The highest BCUT2D eigenvalue weighted by molar-refractivity contribution is 5.90. The first-order valence-electron chi connectivity index (χ1n) is 12.4. The lowest BCUT2D eigenvalue weighted by molar-refractivity contribution is -0.126. The quantitative estimate of drug-likeness (QED) is 0.511. The molecule has 0 atom stereocenters. The number of carbonyl (C=O) groups excluding carboxylic acids is 1. The van der Waals surface area contributed by atoms with E-state index in [2.05, 4.69) is 46.5 Å². The Balaban J connectivity index is 1.17. The number of H-pyrrole nitrogens is 1. The molecule has 32 heavy (non-hydrogen) atoms. The van der Waals surface area contributed by atoms with E-state index in [-0.39, 0.29) is 11.4 Å². The number of benzene rings is 1. The van der Waals surface area contributed by atoms with Gasteiger partial charge in [-0.3, -0.25) is 9.78 Å². The van der Waals surface area contributed by atoms with E-state index in [4.69, 9.17) is 0 Å². The lowest BCUT2D eigenvalue weighted by Crippen LogP contribution is -2.59. The van der Waals surface area contributed by atoms with Crippen molar-refractivity contribution >= 4 is 16.8 Å². The smallest absolute Gasteiger partial charge is 0.220 e. The Hall–Kier alpha value is -2.62. The molecule has 0 saturated heterocycles. The largest absolute Gasteiger partial charge is 0.353 e. The molecule has 4 aliphatic carbocycles. The molecule has 4 saturated carbocycles. The second-order valence-corrected chi connectivity index (χ2v) is 10.8. The van der Waals surface area contributed by atoms with Gasteiger partial charge in [-0.15, -0.1) is 0 Å². The third-order valence-electron chi connectivity index (χ3n) is 8.26. The third-order valence-corrected chi connectivity index (χ3v) is 8.26. The molecule has 0 radical (unpaired) electrons. The molecule has 4 bridgehead atoms. The highest BCUT2D eigenvalue weighted by Gasteiger charge is 2.51. The maximum Gasteiger partial charge on any atom is 0.220 e. The number of nitrogens with zero attached hydrogens (tertiary/aromatic N) is 1. The van der Waals surface area contributed by atoms with Crippen LogP contribution in [0, 0.1) is 24.7 Å². The van der Waals surface area contributed by atoms with Crippen molar-refractivity contribution in [2.24, 2.45) is 17.8 Å². The highest BCUT2D eigenvalue weighted by Crippen LogP contribution is 2.55. The zero-order chi connectivity index (χ0) is 21.7. The number of fused-ring (bicyclic) bond motifs is 1. The second-order valence-electron chi connectivity index (χ2n) is 10.8. The van der Waals surface area contributed by atoms with E-state index in [1.165, 1.54) is 55.0 Å². The number of aromatic amines is 1. The summed E-state index contributed by atoms with van der Waals surface area (Å²) >= 11 is 0. The summed E-state index contributed by atoms with van der Waals surface area (Å²) in [6, 6.07) is 12.6. The lowest BCUT2D eigenvalue weighted by Gasteiger charge is -2.56. The normalized spacial score (nSPS) is 28.3. The Morgan fingerprint density at radius 1 is 1.09 bits per heavy atom. The lowest BCUT2D eigenvalue weighted by atomic mass is 9.53. The Kier molecular flexibility index (Phi) is 4.85. The number of pyridine rings is 1. The number of carbonyl (C=O) groups is 1. The van der Waals surface area contributed by atoms with Gasteiger partial charge in [0.25, 0.3) is 0 Å². The van der Waals surface area contributed by atoms with Gasteiger partial charge in [0.2, 0.25) is 5.91 Å². The standard InChI is InChI=1S/C28H33N3O/c1-18-8-9-24-23(11-18)22(27(30-24)25-6-2-3-10-29-25)5-4-7-26(32)31-28-15-19-12-20(16-28)14-21(13-19)17-28/h2-3,6,8-11,19-21,30H,4-5,7,12-17H2,1H3,(H,31,32). The van der Waals surface area contributed by atoms with E-state index in [9.17, 15) is 4.79 Å². The molecule has 166 valence electrons. The molecule has 3 aromatic rings. The van der Waals surface area contributed by atoms with Crippen molar-refractivity contribution in [2.75, 3.05) is 0 Å². The average Bonchev–Trinajstić information content (AvgIpc) is 3.11. The summed E-state index contributed by atoms with van der Waals surface area (Å²) in [5.74, 6) is 2.83. The molecule has 7 rings (SSSR count). The molecule has 2 heterocycles. The molecule has 0 spiro atoms. The summed E-state index contributed by atoms with van der Waals surface area (Å²) in [5, 5.41) is 4.79. The first-order valence-corrected chi connectivity index (χ1v) is 12.4. The summed E-state index contributed by atoms with van der Waals surface area (Å²) in [6.07, 6.45) is 12.1. The average molecular weight is 428 g/mol. The van der Waals surface area contributed by atoms with Crippen LogP contribution in [0.3, 0.4) is 0 Å². The van der Waals surface area contributed by atoms with Gasteiger partial charge in [0.1, 0.15) is 0 Å². The van der Waals surface area contributed by atoms with Gasteiger partial charge in [-0.25, -0.2) is 0 Å². The fraction of sp³-hybridized carbons (Fsp3) is 0.500. The summed E-state index contributed by atoms with van der Waals surface area (Å²) in [4.78, 5) is 21.2. The first-order chi connectivity index (χ1) is 15.6. The van der Waals surface area contributed by atoms with Crippen LogP contribution in [-0.4, -0.2) is 21.4 Å². The number of rotatable bonds is 6. The monoisotopic (exact) mass is 427 g/mol. The van der Waals surface area contributed by atoms with Gasteiger partial charge in [-0.2, -0.15) is 0 Å². The van der Waals surface area contributed by atoms with Crippen molar-refractivity contribution in [3.05, 3.63) is 53.7 Å². The fourth-order valence-electron chi connectivity index (χ4n) is 7.40. The summed E-state index contributed by atoms with van der Waals surface area (Å²) in [6.45, 7) is 2.13. The molecule has 4 nitrogen and oxygen atoms in total. The number of aromatic nitrogens is 2. The zero-order valence-corrected chi connectivity index (χ0v) is 19.0. The van der Waals surface area contributed by atoms with Crippen LogP contribution in [0.15, 0.2) is 42.6 Å². The highest BCUT2D eigenvalue weighted by atomic mass is 16.1. The predicted octanol–water partition coefficient (Wildman–Crippen LogP) is 5.95. The number of amides is 1. The van der Waals surface area contributed by atoms with Gasteiger partial charge in [0, 0.05) is 29.1 Å². The zero-order valence-electron chi connectivity index (χ0n) is 19.0. The van der Waals surface area contributed by atoms with Crippen molar-refractivity contribution < 1.29 is 4.79 Å². The molecule has 2 N–H and O–H groups in total. The topological polar surface area (TPSA) is 57.8 Å². The van der Waals surface area contributed by atoms with Gasteiger partial charge in [0.15, 0.2) is 0 Å². The molecule has 4 fully saturated rings. The fourth-order valence-corrected chi connectivity index (χ4v) is 7.40. The van der Waals surface area contributed by atoms with Crippen LogP contribution in [0.25, 0.3) is 22.3 Å². The van der Waals surface area contributed by atoms with Gasteiger partial charge in [-0.1, -0.05) is 17.7 Å². The van der Waals surface area contributed by atoms with E-state index in [1.54, 1.807) is 0 Å². The maximum atomic E-state index is 13.0. The first kappa shape index (κ1) is 20.0. The van der Waals surface area contributed by atoms with Crippen LogP contribution >= 0.6 is 0 Å². The van der Waals surface area contributed by atoms with E-state index >= 15 is 0 Å². The van der Waals surface area contributed by atoms with Crippen LogP contribution in [0.1, 0.15) is 62.5 Å². The molecule has 4 heteroatoms. The molecular formula is C28H33N3O. The van der Waals surface area contributed by atoms with Crippen LogP contribution in [0.5, 0.6) is 0 Å². The Morgan fingerprint density at radius 2 is 1.84 bits per heavy atom. The molecular weight excluding hydrogens is 394 g/mol. The van der Waals surface area contributed by atoms with E-state index < -0.39 is 0 Å². The summed E-state index contributed by atoms with van der Waals surface area (Å²) in [7, 11) is 0. The van der Waals surface area contributed by atoms with E-state index in [0.717, 1.165) is 47.5 Å². The molecule has 2 aromatic heterocycles. The van der Waals surface area contributed by atoms with E-state index in [1.807, 2.05) is 18.3 Å². The van der Waals surface area contributed by atoms with Crippen LogP contribution < -0.4 is 5.32 Å². The van der Waals surface area contributed by atoms with Crippen molar-refractivity contribution in [2.45, 2.75) is 70.3 Å². The number of hydrogen-bond acceptors (Lipinski definition) is 2. The van der Waals surface area contributed by atoms with E-state index in [0.29, 0.717) is 6.42 Å². The Labute approximate surface area is 190 Å². The number of hydrogen-bond donors (Lipinski definition) is 2. The summed E-state index contributed by atoms with van der Waals surface area (Å²) < 4.78 is 0. The van der Waals surface area contributed by atoms with Crippen LogP contribution in [0.4, 0.5) is 0 Å². The van der Waals surface area contributed by atoms with Crippen molar-refractivity contribution in [1.82, 2.24) is 15.3 Å². The van der Waals surface area contributed by atoms with Gasteiger partial charge in [-0.05, 0) is 106 Å². The molecule has 4 aliphatic rings. The SMILES string of the molecule is Cc1ccc2[nH]c(-c3ccccn3)c(CCCC(=O)NC34CC5CC(CC(C5)C3)C4)c2c1. The molecule has 1 amide bonds. The minimum absolute atomic E-state index is 0.114. The molecule has 0 aliphatic heterocycles. The van der Waals surface area contributed by atoms with Crippen molar-refractivity contribution in [3.63, 3.8) is 0 Å². The van der Waals surface area contributed by atoms with Crippen molar-refractivity contribution in [1.29, 1.82) is 0 Å². The Morgan fingerprint density at radius 3 is 2.53 bits per heavy atom. The van der Waals surface area contributed by atoms with Gasteiger partial charge >= 0.3 is 0 Å². The second kappa shape index (κ2) is 7.75. The number of nitrogens with one attached hydrogen (secondary N) is 2. The minimum atomic E-state index is 0.114. The maximum absolute atomic E-state index is 13.0. The van der Waals surface area contributed by atoms with Crippen LogP contribution in [-0.2, 0) is 11.2 Å².